The van der Waals surface area contributed by atoms with Crippen LogP contribution in [-0.2, 0) is 0 Å². The molecule has 0 unspecified atom stereocenters. The van der Waals surface area contributed by atoms with Gasteiger partial charge in [0.05, 0.1) is 21.8 Å². The molecule has 0 aromatic heterocycles. The van der Waals surface area contributed by atoms with Crippen LogP contribution in [0.25, 0.3) is 0 Å². The van der Waals surface area contributed by atoms with Crippen molar-refractivity contribution in [3.8, 4) is 5.75 Å². The second-order valence-electron chi connectivity index (χ2n) is 6.72. The maximum atomic E-state index is 6.55. The number of nitrogens with zero attached hydrogens (tertiary/aromatic N) is 3. The molecule has 6 nitrogen and oxygen atoms in total. The Balaban J connectivity index is 2.07. The molecule has 8 heteroatoms. The van der Waals surface area contributed by atoms with Crippen LogP contribution in [0.4, 0.5) is 5.69 Å². The molecule has 1 saturated carbocycles. The Bertz CT molecular complexity index is 726. The van der Waals surface area contributed by atoms with Crippen LogP contribution < -0.4 is 21.1 Å². The van der Waals surface area contributed by atoms with Crippen molar-refractivity contribution in [2.24, 2.45) is 21.5 Å². The zero-order valence-electron chi connectivity index (χ0n) is 14.4. The molecule has 0 atom stereocenters. The van der Waals surface area contributed by atoms with Crippen LogP contribution in [0.3, 0.4) is 0 Å². The molecule has 136 valence electrons. The molecule has 0 amide bonds. The van der Waals surface area contributed by atoms with Crippen molar-refractivity contribution in [1.82, 2.24) is 0 Å². The van der Waals surface area contributed by atoms with Crippen molar-refractivity contribution in [3.63, 3.8) is 0 Å². The van der Waals surface area contributed by atoms with Crippen LogP contribution in [0.2, 0.25) is 10.0 Å². The summed E-state index contributed by atoms with van der Waals surface area (Å²) in [4.78, 5) is 10.7. The molecule has 25 heavy (non-hydrogen) atoms. The number of halogens is 2. The van der Waals surface area contributed by atoms with Crippen LogP contribution in [-0.4, -0.2) is 23.7 Å². The molecule has 0 bridgehead atoms. The molecule has 2 aliphatic rings. The van der Waals surface area contributed by atoms with E-state index in [0.29, 0.717) is 21.5 Å². The number of benzene rings is 1. The molecular weight excluding hydrogens is 361 g/mol. The zero-order chi connectivity index (χ0) is 18.2. The summed E-state index contributed by atoms with van der Waals surface area (Å²) in [6.07, 6.45) is 4.91. The van der Waals surface area contributed by atoms with E-state index in [1.165, 1.54) is 0 Å². The minimum Gasteiger partial charge on any atom is -0.489 e. The Morgan fingerprint density at radius 1 is 1.12 bits per heavy atom. The molecule has 1 spiro atoms. The van der Waals surface area contributed by atoms with Gasteiger partial charge < -0.3 is 16.2 Å². The Kier molecular flexibility index (Phi) is 5.02. The molecule has 4 N–H and O–H groups in total. The number of rotatable bonds is 3. The minimum absolute atomic E-state index is 0.00452. The summed E-state index contributed by atoms with van der Waals surface area (Å²) in [7, 11) is 0. The molecule has 1 aromatic rings. The summed E-state index contributed by atoms with van der Waals surface area (Å²) in [6.45, 7) is 3.86. The maximum Gasteiger partial charge on any atom is 0.220 e. The minimum atomic E-state index is -0.554. The van der Waals surface area contributed by atoms with Crippen LogP contribution in [0.15, 0.2) is 22.1 Å². The molecule has 0 radical (unpaired) electrons. The number of ether oxygens (including phenoxy) is 1. The lowest BCUT2D eigenvalue weighted by molar-refractivity contribution is 0.242. The highest BCUT2D eigenvalue weighted by Gasteiger charge is 2.43. The first kappa shape index (κ1) is 18.1. The van der Waals surface area contributed by atoms with Crippen molar-refractivity contribution in [1.29, 1.82) is 0 Å². The molecule has 0 saturated heterocycles. The van der Waals surface area contributed by atoms with Gasteiger partial charge in [0.25, 0.3) is 0 Å². The fraction of sp³-hybridized carbons (Fsp3) is 0.529. The number of nitrogens with two attached hydrogens (primary N) is 2. The molecule has 1 heterocycles. The van der Waals surface area contributed by atoms with Gasteiger partial charge in [-0.1, -0.05) is 29.6 Å². The molecule has 1 aromatic carbocycles. The third kappa shape index (κ3) is 3.51. The average Bonchev–Trinajstić information content (AvgIpc) is 2.51. The van der Waals surface area contributed by atoms with Gasteiger partial charge in [-0.15, -0.1) is 0 Å². The first-order chi connectivity index (χ1) is 11.8. The van der Waals surface area contributed by atoms with Crippen molar-refractivity contribution in [2.45, 2.75) is 57.7 Å². The van der Waals surface area contributed by atoms with Gasteiger partial charge >= 0.3 is 0 Å². The summed E-state index contributed by atoms with van der Waals surface area (Å²) < 4.78 is 5.71. The van der Waals surface area contributed by atoms with Gasteiger partial charge in [-0.2, -0.15) is 4.99 Å². The van der Waals surface area contributed by atoms with Gasteiger partial charge in [0.1, 0.15) is 11.4 Å². The lowest BCUT2D eigenvalue weighted by Gasteiger charge is -2.45. The van der Waals surface area contributed by atoms with Gasteiger partial charge in [0, 0.05) is 6.07 Å². The fourth-order valence-corrected chi connectivity index (χ4v) is 3.94. The Morgan fingerprint density at radius 3 is 2.44 bits per heavy atom. The third-order valence-electron chi connectivity index (χ3n) is 4.46. The standard InChI is InChI=1S/C17H23Cl2N5O/c1-10(2)25-14-9-11(18)13(8-12(14)19)24-16(21)22-15(20)23-17(24)6-4-3-5-7-17/h8-10H,3-7H2,1-2H3,(H4,20,21,22,23). The van der Waals surface area contributed by atoms with Crippen molar-refractivity contribution < 1.29 is 4.74 Å². The smallest absolute Gasteiger partial charge is 0.220 e. The second-order valence-corrected chi connectivity index (χ2v) is 7.53. The first-order valence-electron chi connectivity index (χ1n) is 8.48. The zero-order valence-corrected chi connectivity index (χ0v) is 15.9. The van der Waals surface area contributed by atoms with Gasteiger partial charge in [-0.25, -0.2) is 4.99 Å². The van der Waals surface area contributed by atoms with E-state index < -0.39 is 5.66 Å². The van der Waals surface area contributed by atoms with Gasteiger partial charge in [0.15, 0.2) is 0 Å². The number of hydrogen-bond donors (Lipinski definition) is 2. The normalized spacial score (nSPS) is 19.8. The highest BCUT2D eigenvalue weighted by molar-refractivity contribution is 6.37. The Hall–Kier alpha value is -1.66. The van der Waals surface area contributed by atoms with E-state index in [1.54, 1.807) is 12.1 Å². The highest BCUT2D eigenvalue weighted by atomic mass is 35.5. The molecule has 1 aliphatic heterocycles. The summed E-state index contributed by atoms with van der Waals surface area (Å²) in [5.74, 6) is 1.03. The van der Waals surface area contributed by atoms with E-state index in [4.69, 9.17) is 39.4 Å². The monoisotopic (exact) mass is 383 g/mol. The van der Waals surface area contributed by atoms with Crippen molar-refractivity contribution in [2.75, 3.05) is 4.90 Å². The number of guanidine groups is 2. The van der Waals surface area contributed by atoms with Crippen LogP contribution >= 0.6 is 23.2 Å². The van der Waals surface area contributed by atoms with Gasteiger partial charge in [-0.3, -0.25) is 4.90 Å². The summed E-state index contributed by atoms with van der Waals surface area (Å²) in [5.41, 5.74) is 12.2. The molecule has 1 fully saturated rings. The summed E-state index contributed by atoms with van der Waals surface area (Å²) in [6, 6.07) is 3.47. The number of anilines is 1. The van der Waals surface area contributed by atoms with Crippen LogP contribution in [0, 0.1) is 0 Å². The molecular formula is C17H23Cl2N5O. The Morgan fingerprint density at radius 2 is 1.80 bits per heavy atom. The van der Waals surface area contributed by atoms with Gasteiger partial charge in [-0.05, 0) is 45.6 Å². The lowest BCUT2D eigenvalue weighted by Crippen LogP contribution is -2.58. The predicted octanol–water partition coefficient (Wildman–Crippen LogP) is 3.89. The maximum absolute atomic E-state index is 6.55. The number of aliphatic imine (C=N–C) groups is 2. The SMILES string of the molecule is CC(C)Oc1cc(Cl)c(N2C(N)=NC(N)=NC23CCCCC3)cc1Cl. The van der Waals surface area contributed by atoms with E-state index >= 15 is 0 Å². The average molecular weight is 384 g/mol. The quantitative estimate of drug-likeness (QED) is 0.827. The fourth-order valence-electron chi connectivity index (χ4n) is 3.50. The van der Waals surface area contributed by atoms with E-state index in [9.17, 15) is 0 Å². The molecule has 1 aliphatic carbocycles. The van der Waals surface area contributed by atoms with Crippen molar-refractivity contribution in [3.05, 3.63) is 22.2 Å². The summed E-state index contributed by atoms with van der Waals surface area (Å²) in [5, 5.41) is 0.952. The van der Waals surface area contributed by atoms with Crippen LogP contribution in [0.1, 0.15) is 46.0 Å². The van der Waals surface area contributed by atoms with Crippen molar-refractivity contribution >= 4 is 40.8 Å². The van der Waals surface area contributed by atoms with E-state index in [1.807, 2.05) is 18.7 Å². The van der Waals surface area contributed by atoms with E-state index in [2.05, 4.69) is 9.98 Å². The molecule has 3 rings (SSSR count). The van der Waals surface area contributed by atoms with E-state index in [-0.39, 0.29) is 18.0 Å². The number of hydrogen-bond acceptors (Lipinski definition) is 6. The first-order valence-corrected chi connectivity index (χ1v) is 9.23. The summed E-state index contributed by atoms with van der Waals surface area (Å²) >= 11 is 13.0. The van der Waals surface area contributed by atoms with E-state index in [0.717, 1.165) is 32.1 Å². The lowest BCUT2D eigenvalue weighted by atomic mass is 9.87. The highest BCUT2D eigenvalue weighted by Crippen LogP contribution is 2.44. The van der Waals surface area contributed by atoms with Gasteiger partial charge in [0.2, 0.25) is 11.9 Å². The van der Waals surface area contributed by atoms with Crippen LogP contribution in [0.5, 0.6) is 5.75 Å². The largest absolute Gasteiger partial charge is 0.489 e. The topological polar surface area (TPSA) is 89.2 Å². The third-order valence-corrected chi connectivity index (χ3v) is 5.05. The predicted molar refractivity (Wildman–Crippen MR) is 104 cm³/mol. The Labute approximate surface area is 157 Å². The second kappa shape index (κ2) is 6.92.